The lowest BCUT2D eigenvalue weighted by molar-refractivity contribution is 0.458. The lowest BCUT2D eigenvalue weighted by Gasteiger charge is -2.16. The molecule has 0 bridgehead atoms. The van der Waals surface area contributed by atoms with Gasteiger partial charge in [0, 0.05) is 32.5 Å². The summed E-state index contributed by atoms with van der Waals surface area (Å²) in [4.78, 5) is 7.28. The third-order valence-corrected chi connectivity index (χ3v) is 5.24. The first-order valence-corrected chi connectivity index (χ1v) is 7.78. The molecule has 6 nitrogen and oxygen atoms in total. The van der Waals surface area contributed by atoms with E-state index in [4.69, 9.17) is 0 Å². The minimum absolute atomic E-state index is 0.227. The standard InChI is InChI=1S/C13H16N4O2S/c1-17(9-13-15-4-5-16-13)20(18,19)12-3-2-10-7-14-8-11(10)6-12/h2-6,14H,7-9H2,1H3,(H,15,16). The summed E-state index contributed by atoms with van der Waals surface area (Å²) in [7, 11) is -1.93. The predicted molar refractivity (Wildman–Crippen MR) is 74.2 cm³/mol. The van der Waals surface area contributed by atoms with Crippen LogP contribution in [0.25, 0.3) is 0 Å². The maximum atomic E-state index is 12.5. The van der Waals surface area contributed by atoms with Crippen LogP contribution < -0.4 is 5.32 Å². The molecule has 1 aromatic heterocycles. The zero-order valence-electron chi connectivity index (χ0n) is 11.1. The fourth-order valence-electron chi connectivity index (χ4n) is 2.29. The molecule has 2 aromatic rings. The average Bonchev–Trinajstić information content (AvgIpc) is 3.07. The number of aromatic nitrogens is 2. The highest BCUT2D eigenvalue weighted by Crippen LogP contribution is 2.22. The van der Waals surface area contributed by atoms with Crippen LogP contribution in [0, 0.1) is 0 Å². The van der Waals surface area contributed by atoms with E-state index >= 15 is 0 Å². The van der Waals surface area contributed by atoms with Crippen molar-refractivity contribution in [3.63, 3.8) is 0 Å². The second kappa shape index (κ2) is 5.01. The summed E-state index contributed by atoms with van der Waals surface area (Å²) in [6.07, 6.45) is 3.29. The van der Waals surface area contributed by atoms with Crippen LogP contribution in [0.15, 0.2) is 35.5 Å². The van der Waals surface area contributed by atoms with Gasteiger partial charge in [0.15, 0.2) is 0 Å². The van der Waals surface area contributed by atoms with Crippen LogP contribution in [-0.2, 0) is 29.7 Å². The van der Waals surface area contributed by atoms with E-state index in [9.17, 15) is 8.42 Å². The molecular weight excluding hydrogens is 276 g/mol. The molecule has 0 amide bonds. The van der Waals surface area contributed by atoms with Crippen molar-refractivity contribution in [1.29, 1.82) is 0 Å². The Balaban J connectivity index is 1.87. The Bertz CT molecular complexity index is 710. The first kappa shape index (κ1) is 13.3. The number of nitrogens with zero attached hydrogens (tertiary/aromatic N) is 2. The molecule has 1 aliphatic heterocycles. The van der Waals surface area contributed by atoms with E-state index in [-0.39, 0.29) is 6.54 Å². The molecule has 0 saturated heterocycles. The molecule has 1 aliphatic rings. The van der Waals surface area contributed by atoms with Gasteiger partial charge in [-0.25, -0.2) is 13.4 Å². The zero-order chi connectivity index (χ0) is 14.2. The molecule has 0 fully saturated rings. The summed E-state index contributed by atoms with van der Waals surface area (Å²) in [6, 6.07) is 5.30. The van der Waals surface area contributed by atoms with E-state index in [1.54, 1.807) is 31.6 Å². The number of sulfonamides is 1. The van der Waals surface area contributed by atoms with Crippen molar-refractivity contribution in [1.82, 2.24) is 19.6 Å². The Morgan fingerprint density at radius 2 is 2.10 bits per heavy atom. The van der Waals surface area contributed by atoms with Crippen LogP contribution in [0.4, 0.5) is 0 Å². The number of rotatable bonds is 4. The second-order valence-corrected chi connectivity index (χ2v) is 6.88. The van der Waals surface area contributed by atoms with Crippen LogP contribution >= 0.6 is 0 Å². The van der Waals surface area contributed by atoms with Crippen molar-refractivity contribution in [2.24, 2.45) is 0 Å². The Morgan fingerprint density at radius 1 is 1.30 bits per heavy atom. The van der Waals surface area contributed by atoms with E-state index < -0.39 is 10.0 Å². The van der Waals surface area contributed by atoms with Gasteiger partial charge in [-0.15, -0.1) is 0 Å². The van der Waals surface area contributed by atoms with Crippen LogP contribution in [0.2, 0.25) is 0 Å². The van der Waals surface area contributed by atoms with Gasteiger partial charge in [-0.2, -0.15) is 4.31 Å². The Hall–Kier alpha value is -1.70. The van der Waals surface area contributed by atoms with Gasteiger partial charge in [0.2, 0.25) is 10.0 Å². The highest BCUT2D eigenvalue weighted by atomic mass is 32.2. The zero-order valence-corrected chi connectivity index (χ0v) is 11.9. The van der Waals surface area contributed by atoms with Crippen molar-refractivity contribution < 1.29 is 8.42 Å². The van der Waals surface area contributed by atoms with E-state index in [1.165, 1.54) is 4.31 Å². The Kier molecular flexibility index (Phi) is 3.33. The number of hydrogen-bond acceptors (Lipinski definition) is 4. The first-order valence-electron chi connectivity index (χ1n) is 6.34. The minimum atomic E-state index is -3.49. The van der Waals surface area contributed by atoms with Gasteiger partial charge in [0.05, 0.1) is 11.4 Å². The SMILES string of the molecule is CN(Cc1ncc[nH]1)S(=O)(=O)c1ccc2c(c1)CNC2. The van der Waals surface area contributed by atoms with E-state index in [0.29, 0.717) is 10.7 Å². The summed E-state index contributed by atoms with van der Waals surface area (Å²) >= 11 is 0. The van der Waals surface area contributed by atoms with E-state index in [2.05, 4.69) is 15.3 Å². The van der Waals surface area contributed by atoms with Gasteiger partial charge in [-0.3, -0.25) is 0 Å². The largest absolute Gasteiger partial charge is 0.347 e. The normalized spacial score (nSPS) is 14.7. The topological polar surface area (TPSA) is 78.1 Å². The average molecular weight is 292 g/mol. The van der Waals surface area contributed by atoms with Gasteiger partial charge in [-0.05, 0) is 23.3 Å². The maximum absolute atomic E-state index is 12.5. The van der Waals surface area contributed by atoms with Crippen LogP contribution in [-0.4, -0.2) is 29.7 Å². The van der Waals surface area contributed by atoms with Crippen molar-refractivity contribution in [2.75, 3.05) is 7.05 Å². The quantitative estimate of drug-likeness (QED) is 0.875. The van der Waals surface area contributed by atoms with Crippen LogP contribution in [0.1, 0.15) is 17.0 Å². The highest BCUT2D eigenvalue weighted by Gasteiger charge is 2.23. The van der Waals surface area contributed by atoms with E-state index in [0.717, 1.165) is 24.2 Å². The van der Waals surface area contributed by atoms with Gasteiger partial charge in [0.25, 0.3) is 0 Å². The molecular formula is C13H16N4O2S. The third kappa shape index (κ3) is 2.35. The monoisotopic (exact) mass is 292 g/mol. The highest BCUT2D eigenvalue weighted by molar-refractivity contribution is 7.89. The number of imidazole rings is 1. The van der Waals surface area contributed by atoms with Crippen molar-refractivity contribution in [3.8, 4) is 0 Å². The molecule has 0 atom stereocenters. The van der Waals surface area contributed by atoms with Crippen LogP contribution in [0.5, 0.6) is 0 Å². The second-order valence-electron chi connectivity index (χ2n) is 4.83. The van der Waals surface area contributed by atoms with Gasteiger partial charge in [0.1, 0.15) is 5.82 Å². The maximum Gasteiger partial charge on any atom is 0.243 e. The van der Waals surface area contributed by atoms with Crippen molar-refractivity contribution in [2.45, 2.75) is 24.5 Å². The molecule has 106 valence electrons. The molecule has 2 N–H and O–H groups in total. The molecule has 0 spiro atoms. The number of H-pyrrole nitrogens is 1. The fourth-order valence-corrected chi connectivity index (χ4v) is 3.48. The molecule has 20 heavy (non-hydrogen) atoms. The van der Waals surface area contributed by atoms with Gasteiger partial charge < -0.3 is 10.3 Å². The van der Waals surface area contributed by atoms with Gasteiger partial charge >= 0.3 is 0 Å². The molecule has 2 heterocycles. The number of nitrogens with one attached hydrogen (secondary N) is 2. The predicted octanol–water partition coefficient (Wildman–Crippen LogP) is 0.834. The number of fused-ring (bicyclic) bond motifs is 1. The van der Waals surface area contributed by atoms with E-state index in [1.807, 2.05) is 6.07 Å². The summed E-state index contributed by atoms with van der Waals surface area (Å²) in [5, 5.41) is 3.21. The summed E-state index contributed by atoms with van der Waals surface area (Å²) in [5.41, 5.74) is 2.22. The van der Waals surface area contributed by atoms with Crippen LogP contribution in [0.3, 0.4) is 0 Å². The first-order chi connectivity index (χ1) is 9.57. The number of hydrogen-bond donors (Lipinski definition) is 2. The Morgan fingerprint density at radius 3 is 2.85 bits per heavy atom. The molecule has 7 heteroatoms. The minimum Gasteiger partial charge on any atom is -0.347 e. The molecule has 3 rings (SSSR count). The molecule has 0 unspecified atom stereocenters. The molecule has 1 aromatic carbocycles. The third-order valence-electron chi connectivity index (χ3n) is 3.44. The van der Waals surface area contributed by atoms with Crippen molar-refractivity contribution in [3.05, 3.63) is 47.5 Å². The lowest BCUT2D eigenvalue weighted by atomic mass is 10.1. The van der Waals surface area contributed by atoms with Crippen molar-refractivity contribution >= 4 is 10.0 Å². The molecule has 0 aliphatic carbocycles. The van der Waals surface area contributed by atoms with Gasteiger partial charge in [-0.1, -0.05) is 6.07 Å². The number of aromatic amines is 1. The summed E-state index contributed by atoms with van der Waals surface area (Å²) < 4.78 is 26.3. The molecule has 0 saturated carbocycles. The fraction of sp³-hybridized carbons (Fsp3) is 0.308. The summed E-state index contributed by atoms with van der Waals surface area (Å²) in [5.74, 6) is 0.624. The summed E-state index contributed by atoms with van der Waals surface area (Å²) in [6.45, 7) is 1.75. The lowest BCUT2D eigenvalue weighted by Crippen LogP contribution is -2.27. The Labute approximate surface area is 117 Å². The number of benzene rings is 1. The molecule has 0 radical (unpaired) electrons. The smallest absolute Gasteiger partial charge is 0.243 e.